The molecule has 1 fully saturated rings. The van der Waals surface area contributed by atoms with Crippen molar-refractivity contribution in [1.82, 2.24) is 20.0 Å². The van der Waals surface area contributed by atoms with Gasteiger partial charge in [0, 0.05) is 50.0 Å². The summed E-state index contributed by atoms with van der Waals surface area (Å²) in [6.07, 6.45) is 1.99. The minimum Gasteiger partial charge on any atom is -0.309 e. The van der Waals surface area contributed by atoms with Crippen LogP contribution < -0.4 is 5.32 Å². The van der Waals surface area contributed by atoms with Crippen LogP contribution in [0.4, 0.5) is 0 Å². The van der Waals surface area contributed by atoms with Gasteiger partial charge in [-0.2, -0.15) is 5.10 Å². The lowest BCUT2D eigenvalue weighted by Crippen LogP contribution is -2.56. The fourth-order valence-corrected chi connectivity index (χ4v) is 2.32. The fraction of sp³-hybridized carbons (Fsp3) is 0.750. The Morgan fingerprint density at radius 2 is 2.25 bits per heavy atom. The second-order valence-corrected chi connectivity index (χ2v) is 5.40. The number of aromatic nitrogens is 2. The molecule has 0 aromatic carbocycles. The number of hydrogen-bond acceptors (Lipinski definition) is 3. The quantitative estimate of drug-likeness (QED) is 0.807. The Hall–Kier alpha value is -0.870. The molecule has 0 bridgehead atoms. The maximum Gasteiger partial charge on any atom is 0.0537 e. The topological polar surface area (TPSA) is 33.1 Å². The highest BCUT2D eigenvalue weighted by molar-refractivity contribution is 5.15. The van der Waals surface area contributed by atoms with E-state index in [0.29, 0.717) is 0 Å². The van der Waals surface area contributed by atoms with Gasteiger partial charge in [-0.25, -0.2) is 0 Å². The Labute approximate surface area is 97.6 Å². The van der Waals surface area contributed by atoms with Gasteiger partial charge in [-0.3, -0.25) is 9.58 Å². The van der Waals surface area contributed by atoms with Crippen LogP contribution >= 0.6 is 0 Å². The molecule has 1 aromatic heterocycles. The number of nitrogens with one attached hydrogen (secondary N) is 1. The summed E-state index contributed by atoms with van der Waals surface area (Å²) in [6.45, 7) is 11.0. The molecular weight excluding hydrogens is 200 g/mol. The largest absolute Gasteiger partial charge is 0.309 e. The molecule has 0 saturated carbocycles. The van der Waals surface area contributed by atoms with Crippen molar-refractivity contribution in [3.8, 4) is 0 Å². The van der Waals surface area contributed by atoms with Gasteiger partial charge in [0.1, 0.15) is 0 Å². The van der Waals surface area contributed by atoms with Crippen molar-refractivity contribution in [2.24, 2.45) is 7.05 Å². The van der Waals surface area contributed by atoms with E-state index in [1.54, 1.807) is 0 Å². The molecule has 1 aliphatic rings. The van der Waals surface area contributed by atoms with E-state index in [4.69, 9.17) is 0 Å². The first kappa shape index (κ1) is 11.6. The van der Waals surface area contributed by atoms with Gasteiger partial charge in [-0.1, -0.05) is 0 Å². The molecule has 0 radical (unpaired) electrons. The highest BCUT2D eigenvalue weighted by Crippen LogP contribution is 2.15. The Bertz CT molecular complexity index is 367. The Kier molecular flexibility index (Phi) is 3.04. The molecule has 90 valence electrons. The van der Waals surface area contributed by atoms with Gasteiger partial charge in [0.25, 0.3) is 0 Å². The van der Waals surface area contributed by atoms with Crippen LogP contribution in [0.3, 0.4) is 0 Å². The lowest BCUT2D eigenvalue weighted by molar-refractivity contribution is 0.148. The highest BCUT2D eigenvalue weighted by atomic mass is 15.3. The summed E-state index contributed by atoms with van der Waals surface area (Å²) in [5, 5.41) is 7.82. The minimum atomic E-state index is 0.231. The summed E-state index contributed by atoms with van der Waals surface area (Å²) in [6, 6.07) is 0. The van der Waals surface area contributed by atoms with Crippen molar-refractivity contribution in [2.75, 3.05) is 19.6 Å². The van der Waals surface area contributed by atoms with Crippen LogP contribution in [0.2, 0.25) is 0 Å². The first-order valence-electron chi connectivity index (χ1n) is 5.93. The van der Waals surface area contributed by atoms with Gasteiger partial charge in [-0.05, 0) is 20.8 Å². The Morgan fingerprint density at radius 3 is 2.81 bits per heavy atom. The van der Waals surface area contributed by atoms with Crippen LogP contribution in [0, 0.1) is 6.92 Å². The maximum atomic E-state index is 4.29. The van der Waals surface area contributed by atoms with Crippen molar-refractivity contribution in [1.29, 1.82) is 0 Å². The summed E-state index contributed by atoms with van der Waals surface area (Å²) in [7, 11) is 2.00. The first-order chi connectivity index (χ1) is 7.48. The molecule has 4 heteroatoms. The lowest BCUT2D eigenvalue weighted by atomic mass is 10.0. The number of rotatable bonds is 2. The predicted octanol–water partition coefficient (Wildman–Crippen LogP) is 0.912. The van der Waals surface area contributed by atoms with Gasteiger partial charge in [-0.15, -0.1) is 0 Å². The third-order valence-corrected chi connectivity index (χ3v) is 3.38. The molecule has 0 spiro atoms. The normalized spacial score (nSPS) is 21.2. The van der Waals surface area contributed by atoms with Crippen LogP contribution in [0.5, 0.6) is 0 Å². The average Bonchev–Trinajstić information content (AvgIpc) is 2.48. The van der Waals surface area contributed by atoms with E-state index in [0.717, 1.165) is 26.2 Å². The minimum absolute atomic E-state index is 0.231. The van der Waals surface area contributed by atoms with E-state index >= 15 is 0 Å². The van der Waals surface area contributed by atoms with Crippen LogP contribution in [-0.2, 0) is 13.6 Å². The Morgan fingerprint density at radius 1 is 1.50 bits per heavy atom. The summed E-state index contributed by atoms with van der Waals surface area (Å²) in [5.41, 5.74) is 2.85. The van der Waals surface area contributed by atoms with E-state index in [1.165, 1.54) is 11.3 Å². The average molecular weight is 222 g/mol. The molecule has 0 unspecified atom stereocenters. The zero-order chi connectivity index (χ0) is 11.8. The van der Waals surface area contributed by atoms with Crippen molar-refractivity contribution in [3.05, 3.63) is 17.5 Å². The third-order valence-electron chi connectivity index (χ3n) is 3.38. The van der Waals surface area contributed by atoms with Crippen molar-refractivity contribution in [2.45, 2.75) is 32.9 Å². The zero-order valence-corrected chi connectivity index (χ0v) is 10.7. The molecule has 2 heterocycles. The zero-order valence-electron chi connectivity index (χ0n) is 10.7. The molecule has 1 N–H and O–H groups in total. The van der Waals surface area contributed by atoms with Crippen molar-refractivity contribution >= 4 is 0 Å². The molecule has 16 heavy (non-hydrogen) atoms. The summed E-state index contributed by atoms with van der Waals surface area (Å²) < 4.78 is 1.95. The van der Waals surface area contributed by atoms with E-state index in [-0.39, 0.29) is 5.54 Å². The maximum absolute atomic E-state index is 4.29. The predicted molar refractivity (Wildman–Crippen MR) is 65.3 cm³/mol. The van der Waals surface area contributed by atoms with Gasteiger partial charge in [0.05, 0.1) is 6.20 Å². The van der Waals surface area contributed by atoms with Gasteiger partial charge >= 0.3 is 0 Å². The van der Waals surface area contributed by atoms with Crippen LogP contribution in [0.25, 0.3) is 0 Å². The molecule has 1 aromatic rings. The van der Waals surface area contributed by atoms with Gasteiger partial charge in [0.2, 0.25) is 0 Å². The number of nitrogens with zero attached hydrogens (tertiary/aromatic N) is 3. The standard InChI is InChI=1S/C12H22N4/c1-10-11(7-14-15(10)4)8-16-6-5-13-12(2,3)9-16/h7,13H,5-6,8-9H2,1-4H3. The van der Waals surface area contributed by atoms with Gasteiger partial charge in [0.15, 0.2) is 0 Å². The fourth-order valence-electron chi connectivity index (χ4n) is 2.32. The second-order valence-electron chi connectivity index (χ2n) is 5.40. The van der Waals surface area contributed by atoms with E-state index < -0.39 is 0 Å². The SMILES string of the molecule is Cc1c(CN2CCNC(C)(C)C2)cnn1C. The van der Waals surface area contributed by atoms with E-state index in [9.17, 15) is 0 Å². The third kappa shape index (κ3) is 2.44. The highest BCUT2D eigenvalue weighted by Gasteiger charge is 2.25. The second kappa shape index (κ2) is 4.18. The summed E-state index contributed by atoms with van der Waals surface area (Å²) in [5.74, 6) is 0. The monoisotopic (exact) mass is 222 g/mol. The Balaban J connectivity index is 2.02. The molecule has 0 amide bonds. The molecule has 0 aliphatic carbocycles. The molecule has 0 atom stereocenters. The number of aryl methyl sites for hydroxylation is 1. The number of hydrogen-bond donors (Lipinski definition) is 1. The van der Waals surface area contributed by atoms with E-state index in [1.807, 2.05) is 17.9 Å². The van der Waals surface area contributed by atoms with Crippen LogP contribution in [0.15, 0.2) is 6.20 Å². The van der Waals surface area contributed by atoms with Crippen molar-refractivity contribution in [3.63, 3.8) is 0 Å². The summed E-state index contributed by atoms with van der Waals surface area (Å²) in [4.78, 5) is 2.50. The smallest absolute Gasteiger partial charge is 0.0537 e. The molecule has 1 saturated heterocycles. The van der Waals surface area contributed by atoms with Crippen molar-refractivity contribution < 1.29 is 0 Å². The molecular formula is C12H22N4. The van der Waals surface area contributed by atoms with Gasteiger partial charge < -0.3 is 5.32 Å². The number of piperazine rings is 1. The van der Waals surface area contributed by atoms with Crippen LogP contribution in [-0.4, -0.2) is 39.9 Å². The molecule has 2 rings (SSSR count). The lowest BCUT2D eigenvalue weighted by Gasteiger charge is -2.39. The first-order valence-corrected chi connectivity index (χ1v) is 5.93. The molecule has 1 aliphatic heterocycles. The summed E-state index contributed by atoms with van der Waals surface area (Å²) >= 11 is 0. The van der Waals surface area contributed by atoms with E-state index in [2.05, 4.69) is 36.1 Å². The van der Waals surface area contributed by atoms with Crippen LogP contribution in [0.1, 0.15) is 25.1 Å². The molecule has 4 nitrogen and oxygen atoms in total.